The van der Waals surface area contributed by atoms with Gasteiger partial charge in [0, 0.05) is 12.2 Å². The lowest BCUT2D eigenvalue weighted by Gasteiger charge is -2.25. The van der Waals surface area contributed by atoms with Gasteiger partial charge in [0.1, 0.15) is 0 Å². The third kappa shape index (κ3) is 4.57. The van der Waals surface area contributed by atoms with Crippen LogP contribution in [0, 0.1) is 0 Å². The standard InChI is InChI=1S/C23H33N3O3S/c1-26(2)14-13-16-9-11-19(12-10-16)30(28,29)25-23(27)24-22-20-7-3-5-17(20)15-18-6-4-8-21(18)22/h13,15,19H,3-12,14H2,1-2H3,(H2,24,25,27). The summed E-state index contributed by atoms with van der Waals surface area (Å²) in [7, 11) is 0.357. The summed E-state index contributed by atoms with van der Waals surface area (Å²) in [6, 6.07) is 1.69. The van der Waals surface area contributed by atoms with E-state index in [9.17, 15) is 13.2 Å². The molecular weight excluding hydrogens is 398 g/mol. The molecular formula is C23H33N3O3S. The predicted octanol–water partition coefficient (Wildman–Crippen LogP) is 3.55. The minimum absolute atomic E-state index is 0.507. The van der Waals surface area contributed by atoms with Crippen molar-refractivity contribution in [2.45, 2.75) is 69.5 Å². The minimum Gasteiger partial charge on any atom is -0.307 e. The van der Waals surface area contributed by atoms with Crippen molar-refractivity contribution in [3.05, 3.63) is 40.0 Å². The number of rotatable bonds is 5. The molecule has 0 saturated heterocycles. The summed E-state index contributed by atoms with van der Waals surface area (Å²) in [5.41, 5.74) is 7.24. The van der Waals surface area contributed by atoms with Crippen molar-refractivity contribution < 1.29 is 13.2 Å². The van der Waals surface area contributed by atoms with Gasteiger partial charge >= 0.3 is 6.03 Å². The lowest BCUT2D eigenvalue weighted by atomic mass is 9.94. The van der Waals surface area contributed by atoms with Gasteiger partial charge in [0.15, 0.2) is 0 Å². The van der Waals surface area contributed by atoms with Gasteiger partial charge in [-0.25, -0.2) is 17.9 Å². The Kier molecular flexibility index (Phi) is 6.21. The van der Waals surface area contributed by atoms with Crippen molar-refractivity contribution in [2.24, 2.45) is 0 Å². The number of fused-ring (bicyclic) bond motifs is 2. The Morgan fingerprint density at radius 2 is 1.63 bits per heavy atom. The van der Waals surface area contributed by atoms with Crippen LogP contribution in [0.15, 0.2) is 17.7 Å². The fourth-order valence-electron chi connectivity index (χ4n) is 5.11. The lowest BCUT2D eigenvalue weighted by molar-refractivity contribution is 0.256. The molecule has 3 aliphatic rings. The second-order valence-electron chi connectivity index (χ2n) is 9.16. The van der Waals surface area contributed by atoms with E-state index < -0.39 is 21.3 Å². The summed E-state index contributed by atoms with van der Waals surface area (Å²) in [6.45, 7) is 0.874. The highest BCUT2D eigenvalue weighted by molar-refractivity contribution is 7.90. The summed E-state index contributed by atoms with van der Waals surface area (Å²) in [5.74, 6) is 0. The third-order valence-corrected chi connectivity index (χ3v) is 8.52. The molecule has 0 atom stereocenters. The normalized spacial score (nSPS) is 20.8. The van der Waals surface area contributed by atoms with Gasteiger partial charge in [-0.1, -0.05) is 17.7 Å². The smallest absolute Gasteiger partial charge is 0.307 e. The highest BCUT2D eigenvalue weighted by atomic mass is 32.2. The van der Waals surface area contributed by atoms with E-state index in [1.807, 2.05) is 14.1 Å². The second-order valence-corrected chi connectivity index (χ2v) is 11.1. The van der Waals surface area contributed by atoms with Crippen LogP contribution in [0.4, 0.5) is 10.5 Å². The zero-order valence-corrected chi connectivity index (χ0v) is 18.9. The first-order valence-electron chi connectivity index (χ1n) is 11.2. The van der Waals surface area contributed by atoms with Crippen LogP contribution in [0.1, 0.15) is 60.8 Å². The SMILES string of the molecule is CN(C)CC=C1CCC(S(=O)(=O)NC(=O)Nc2c3c(cc4c2CCC4)CCC3)CC1. The van der Waals surface area contributed by atoms with E-state index in [-0.39, 0.29) is 0 Å². The molecule has 164 valence electrons. The largest absolute Gasteiger partial charge is 0.332 e. The molecule has 1 aromatic rings. The Hall–Kier alpha value is -1.86. The van der Waals surface area contributed by atoms with Crippen molar-refractivity contribution >= 4 is 21.7 Å². The fraction of sp³-hybridized carbons (Fsp3) is 0.609. The number of carbonyl (C=O) groups is 1. The van der Waals surface area contributed by atoms with Gasteiger partial charge in [-0.3, -0.25) is 0 Å². The first kappa shape index (κ1) is 21.4. The predicted molar refractivity (Wildman–Crippen MR) is 120 cm³/mol. The van der Waals surface area contributed by atoms with Crippen LogP contribution < -0.4 is 10.0 Å². The van der Waals surface area contributed by atoms with Gasteiger partial charge in [-0.05, 0) is 101 Å². The first-order valence-corrected chi connectivity index (χ1v) is 12.7. The Bertz CT molecular complexity index is 924. The van der Waals surface area contributed by atoms with Crippen molar-refractivity contribution in [1.29, 1.82) is 0 Å². The maximum atomic E-state index is 12.8. The molecule has 0 aliphatic heterocycles. The molecule has 7 heteroatoms. The molecule has 3 aliphatic carbocycles. The zero-order valence-electron chi connectivity index (χ0n) is 18.1. The van der Waals surface area contributed by atoms with E-state index in [0.29, 0.717) is 12.8 Å². The number of allylic oxidation sites excluding steroid dienone is 1. The molecule has 30 heavy (non-hydrogen) atoms. The number of urea groups is 1. The van der Waals surface area contributed by atoms with Crippen LogP contribution in [0.2, 0.25) is 0 Å². The summed E-state index contributed by atoms with van der Waals surface area (Å²) in [6.07, 6.45) is 11.1. The molecule has 0 bridgehead atoms. The summed E-state index contributed by atoms with van der Waals surface area (Å²) < 4.78 is 28.0. The summed E-state index contributed by atoms with van der Waals surface area (Å²) in [4.78, 5) is 14.8. The number of nitrogens with zero attached hydrogens (tertiary/aromatic N) is 1. The lowest BCUT2D eigenvalue weighted by Crippen LogP contribution is -2.41. The van der Waals surface area contributed by atoms with E-state index in [0.717, 1.165) is 63.6 Å². The minimum atomic E-state index is -3.69. The molecule has 1 aromatic carbocycles. The maximum absolute atomic E-state index is 12.8. The van der Waals surface area contributed by atoms with Crippen LogP contribution >= 0.6 is 0 Å². The Balaban J connectivity index is 1.41. The Morgan fingerprint density at radius 3 is 2.20 bits per heavy atom. The van der Waals surface area contributed by atoms with E-state index in [2.05, 4.69) is 27.1 Å². The third-order valence-electron chi connectivity index (χ3n) is 6.71. The van der Waals surface area contributed by atoms with E-state index >= 15 is 0 Å². The first-order chi connectivity index (χ1) is 14.3. The highest BCUT2D eigenvalue weighted by Gasteiger charge is 2.31. The number of anilines is 1. The molecule has 0 heterocycles. The van der Waals surface area contributed by atoms with Crippen molar-refractivity contribution in [3.63, 3.8) is 0 Å². The number of sulfonamides is 1. The molecule has 2 amide bonds. The van der Waals surface area contributed by atoms with Gasteiger partial charge < -0.3 is 10.2 Å². The van der Waals surface area contributed by atoms with E-state index in [1.54, 1.807) is 0 Å². The fourth-order valence-corrected chi connectivity index (χ4v) is 6.44. The van der Waals surface area contributed by atoms with E-state index in [1.165, 1.54) is 27.8 Å². The second kappa shape index (κ2) is 8.71. The number of carbonyl (C=O) groups excluding carboxylic acids is 1. The van der Waals surface area contributed by atoms with Crippen molar-refractivity contribution in [1.82, 2.24) is 9.62 Å². The van der Waals surface area contributed by atoms with Crippen LogP contribution in [0.3, 0.4) is 0 Å². The quantitative estimate of drug-likeness (QED) is 0.699. The average Bonchev–Trinajstić information content (AvgIpc) is 3.35. The highest BCUT2D eigenvalue weighted by Crippen LogP contribution is 2.38. The molecule has 0 unspecified atom stereocenters. The number of hydrogen-bond donors (Lipinski definition) is 2. The number of hydrogen-bond acceptors (Lipinski definition) is 4. The Morgan fingerprint density at radius 1 is 1.03 bits per heavy atom. The number of amides is 2. The van der Waals surface area contributed by atoms with Gasteiger partial charge in [-0.15, -0.1) is 0 Å². The average molecular weight is 432 g/mol. The molecule has 1 fully saturated rings. The Labute approximate surface area is 180 Å². The maximum Gasteiger partial charge on any atom is 0.332 e. The van der Waals surface area contributed by atoms with Crippen molar-refractivity contribution in [3.8, 4) is 0 Å². The number of benzene rings is 1. The van der Waals surface area contributed by atoms with Gasteiger partial charge in [0.05, 0.1) is 5.25 Å². The monoisotopic (exact) mass is 431 g/mol. The zero-order chi connectivity index (χ0) is 21.3. The van der Waals surface area contributed by atoms with Crippen LogP contribution in [0.25, 0.3) is 0 Å². The molecule has 1 saturated carbocycles. The van der Waals surface area contributed by atoms with Crippen LogP contribution in [-0.2, 0) is 35.7 Å². The molecule has 0 radical (unpaired) electrons. The summed E-state index contributed by atoms with van der Waals surface area (Å²) >= 11 is 0. The number of likely N-dealkylation sites (N-methyl/N-ethyl adjacent to an activating group) is 1. The van der Waals surface area contributed by atoms with Crippen molar-refractivity contribution in [2.75, 3.05) is 26.0 Å². The topological polar surface area (TPSA) is 78.5 Å². The molecule has 0 spiro atoms. The number of nitrogens with one attached hydrogen (secondary N) is 2. The number of aryl methyl sites for hydroxylation is 2. The molecule has 6 nitrogen and oxygen atoms in total. The van der Waals surface area contributed by atoms with Crippen LogP contribution in [-0.4, -0.2) is 45.2 Å². The summed E-state index contributed by atoms with van der Waals surface area (Å²) in [5, 5.41) is 2.43. The van der Waals surface area contributed by atoms with Gasteiger partial charge in [0.2, 0.25) is 10.0 Å². The molecule has 0 aromatic heterocycles. The van der Waals surface area contributed by atoms with E-state index in [4.69, 9.17) is 0 Å². The van der Waals surface area contributed by atoms with Gasteiger partial charge in [0.25, 0.3) is 0 Å². The molecule has 2 N–H and O–H groups in total. The molecule has 4 rings (SSSR count). The van der Waals surface area contributed by atoms with Crippen LogP contribution in [0.5, 0.6) is 0 Å². The van der Waals surface area contributed by atoms with Gasteiger partial charge in [-0.2, -0.15) is 0 Å².